The summed E-state index contributed by atoms with van der Waals surface area (Å²) in [6, 6.07) is 17.8. The molecule has 1 fully saturated rings. The minimum atomic E-state index is -3.64. The summed E-state index contributed by atoms with van der Waals surface area (Å²) in [5.41, 5.74) is 3.14. The third kappa shape index (κ3) is 5.03. The van der Waals surface area contributed by atoms with E-state index in [1.165, 1.54) is 33.3 Å². The number of aromatic nitrogens is 2. The van der Waals surface area contributed by atoms with Crippen molar-refractivity contribution in [1.29, 1.82) is 0 Å². The first kappa shape index (κ1) is 24.5. The molecule has 1 aliphatic rings. The van der Waals surface area contributed by atoms with Crippen LogP contribution in [0.2, 0.25) is 0 Å². The van der Waals surface area contributed by atoms with E-state index in [-0.39, 0.29) is 17.3 Å². The minimum Gasteiger partial charge on any atom is -0.379 e. The molecular formula is C26H26N4O4S2. The van der Waals surface area contributed by atoms with Crippen molar-refractivity contribution in [1.82, 2.24) is 14.3 Å². The predicted molar refractivity (Wildman–Crippen MR) is 140 cm³/mol. The van der Waals surface area contributed by atoms with Gasteiger partial charge in [0.2, 0.25) is 10.0 Å². The van der Waals surface area contributed by atoms with Gasteiger partial charge >= 0.3 is 0 Å². The number of aryl methyl sites for hydroxylation is 1. The molecule has 1 saturated heterocycles. The van der Waals surface area contributed by atoms with Gasteiger partial charge in [-0.05, 0) is 60.5 Å². The second-order valence-corrected chi connectivity index (χ2v) is 11.4. The lowest BCUT2D eigenvalue weighted by Crippen LogP contribution is -2.40. The summed E-state index contributed by atoms with van der Waals surface area (Å²) in [5.74, 6) is -0.272. The summed E-state index contributed by atoms with van der Waals surface area (Å²) in [6.45, 7) is 3.73. The fraction of sp³-hybridized carbons (Fsp3) is 0.269. The lowest BCUT2D eigenvalue weighted by molar-refractivity contribution is 0.0730. The molecule has 0 N–H and O–H groups in total. The Balaban J connectivity index is 1.47. The van der Waals surface area contributed by atoms with Gasteiger partial charge in [0.15, 0.2) is 5.13 Å². The van der Waals surface area contributed by atoms with Crippen molar-refractivity contribution in [3.05, 3.63) is 83.7 Å². The number of fused-ring (bicyclic) bond motifs is 1. The maximum Gasteiger partial charge on any atom is 0.260 e. The molecule has 0 spiro atoms. The lowest BCUT2D eigenvalue weighted by Gasteiger charge is -2.26. The molecule has 4 aromatic rings. The van der Waals surface area contributed by atoms with E-state index in [1.54, 1.807) is 23.2 Å². The molecule has 1 amide bonds. The lowest BCUT2D eigenvalue weighted by atomic mass is 10.2. The fourth-order valence-electron chi connectivity index (χ4n) is 4.03. The number of carbonyl (C=O) groups excluding carboxylic acids is 1. The van der Waals surface area contributed by atoms with Crippen LogP contribution in [0.5, 0.6) is 0 Å². The molecule has 3 heterocycles. The van der Waals surface area contributed by atoms with Crippen molar-refractivity contribution in [3.63, 3.8) is 0 Å². The fourth-order valence-corrected chi connectivity index (χ4v) is 6.47. The number of hydrogen-bond acceptors (Lipinski definition) is 7. The highest BCUT2D eigenvalue weighted by atomic mass is 32.2. The van der Waals surface area contributed by atoms with Crippen LogP contribution in [0.4, 0.5) is 5.13 Å². The van der Waals surface area contributed by atoms with Gasteiger partial charge in [0.1, 0.15) is 0 Å². The van der Waals surface area contributed by atoms with Crippen LogP contribution < -0.4 is 4.90 Å². The molecule has 0 atom stereocenters. The zero-order valence-corrected chi connectivity index (χ0v) is 21.5. The summed E-state index contributed by atoms with van der Waals surface area (Å²) in [4.78, 5) is 24.6. The molecule has 0 aliphatic carbocycles. The molecule has 2 aromatic carbocycles. The van der Waals surface area contributed by atoms with E-state index in [4.69, 9.17) is 9.72 Å². The number of hydrogen-bond donors (Lipinski definition) is 0. The zero-order valence-electron chi connectivity index (χ0n) is 19.8. The number of sulfonamides is 1. The highest BCUT2D eigenvalue weighted by Crippen LogP contribution is 2.32. The van der Waals surface area contributed by atoms with E-state index in [0.717, 1.165) is 22.3 Å². The molecule has 5 rings (SSSR count). The molecule has 36 heavy (non-hydrogen) atoms. The number of amides is 1. The van der Waals surface area contributed by atoms with Crippen LogP contribution in [-0.2, 0) is 27.7 Å². The summed E-state index contributed by atoms with van der Waals surface area (Å²) in [6.07, 6.45) is 2.61. The van der Waals surface area contributed by atoms with Crippen molar-refractivity contribution in [2.45, 2.75) is 24.8 Å². The molecule has 186 valence electrons. The van der Waals surface area contributed by atoms with Crippen LogP contribution in [-0.4, -0.2) is 54.9 Å². The van der Waals surface area contributed by atoms with E-state index in [0.29, 0.717) is 37.0 Å². The average Bonchev–Trinajstić information content (AvgIpc) is 3.35. The highest BCUT2D eigenvalue weighted by Gasteiger charge is 2.27. The van der Waals surface area contributed by atoms with E-state index in [1.807, 2.05) is 30.3 Å². The molecular weight excluding hydrogens is 496 g/mol. The maximum absolute atomic E-state index is 13.7. The molecule has 8 nitrogen and oxygen atoms in total. The normalized spacial score (nSPS) is 14.7. The first-order valence-electron chi connectivity index (χ1n) is 11.7. The average molecular weight is 523 g/mol. The predicted octanol–water partition coefficient (Wildman–Crippen LogP) is 4.12. The first-order valence-corrected chi connectivity index (χ1v) is 14.0. The number of ether oxygens (including phenoxy) is 1. The van der Waals surface area contributed by atoms with Crippen molar-refractivity contribution >= 4 is 42.6 Å². The van der Waals surface area contributed by atoms with Crippen LogP contribution in [0.3, 0.4) is 0 Å². The molecule has 0 bridgehead atoms. The topological polar surface area (TPSA) is 92.7 Å². The Kier molecular flexibility index (Phi) is 7.10. The first-order chi connectivity index (χ1) is 17.5. The second-order valence-electron chi connectivity index (χ2n) is 8.41. The van der Waals surface area contributed by atoms with Crippen LogP contribution >= 0.6 is 11.3 Å². The summed E-state index contributed by atoms with van der Waals surface area (Å²) >= 11 is 1.46. The standard InChI is InChI=1S/C26H26N4O4S2/c1-2-19-6-11-23-24(17-19)35-26(28-23)30(18-21-5-3-4-12-27-21)25(31)20-7-9-22(10-8-20)36(32,33)29-13-15-34-16-14-29/h3-12,17H,2,13-16,18H2,1H3. The molecule has 0 unspecified atom stereocenters. The maximum atomic E-state index is 13.7. The molecule has 0 radical (unpaired) electrons. The Labute approximate surface area is 214 Å². The number of morpholine rings is 1. The molecule has 0 saturated carbocycles. The number of thiazole rings is 1. The van der Waals surface area contributed by atoms with Gasteiger partial charge in [0, 0.05) is 24.8 Å². The Morgan fingerprint density at radius 3 is 2.56 bits per heavy atom. The van der Waals surface area contributed by atoms with Gasteiger partial charge in [0.05, 0.1) is 40.6 Å². The largest absolute Gasteiger partial charge is 0.379 e. The zero-order chi connectivity index (χ0) is 25.1. The van der Waals surface area contributed by atoms with Crippen LogP contribution in [0, 0.1) is 0 Å². The van der Waals surface area contributed by atoms with Crippen LogP contribution in [0.25, 0.3) is 10.2 Å². The minimum absolute atomic E-state index is 0.157. The number of nitrogens with zero attached hydrogens (tertiary/aromatic N) is 4. The van der Waals surface area contributed by atoms with Gasteiger partial charge in [-0.2, -0.15) is 4.31 Å². The van der Waals surface area contributed by atoms with Gasteiger partial charge in [-0.25, -0.2) is 13.4 Å². The van der Waals surface area contributed by atoms with Gasteiger partial charge < -0.3 is 4.74 Å². The van der Waals surface area contributed by atoms with Gasteiger partial charge in [-0.3, -0.25) is 14.7 Å². The number of benzene rings is 2. The van der Waals surface area contributed by atoms with Gasteiger partial charge in [-0.15, -0.1) is 0 Å². The SMILES string of the molecule is CCc1ccc2nc(N(Cc3ccccn3)C(=O)c3ccc(S(=O)(=O)N4CCOCC4)cc3)sc2c1. The third-order valence-electron chi connectivity index (χ3n) is 6.08. The molecule has 1 aliphatic heterocycles. The summed E-state index contributed by atoms with van der Waals surface area (Å²) in [5, 5.41) is 0.568. The van der Waals surface area contributed by atoms with E-state index in [9.17, 15) is 13.2 Å². The van der Waals surface area contributed by atoms with Crippen LogP contribution in [0.1, 0.15) is 28.5 Å². The van der Waals surface area contributed by atoms with E-state index < -0.39 is 10.0 Å². The second kappa shape index (κ2) is 10.4. The van der Waals surface area contributed by atoms with E-state index >= 15 is 0 Å². The van der Waals surface area contributed by atoms with Crippen molar-refractivity contribution in [3.8, 4) is 0 Å². The van der Waals surface area contributed by atoms with E-state index in [2.05, 4.69) is 18.0 Å². The quantitative estimate of drug-likeness (QED) is 0.363. The number of pyridine rings is 1. The Bertz CT molecular complexity index is 1470. The number of rotatable bonds is 7. The Hall–Kier alpha value is -3.18. The van der Waals surface area contributed by atoms with Crippen molar-refractivity contribution in [2.24, 2.45) is 0 Å². The molecule has 2 aromatic heterocycles. The van der Waals surface area contributed by atoms with Gasteiger partial charge in [-0.1, -0.05) is 30.4 Å². The van der Waals surface area contributed by atoms with Crippen LogP contribution in [0.15, 0.2) is 71.8 Å². The Morgan fingerprint density at radius 1 is 1.08 bits per heavy atom. The van der Waals surface area contributed by atoms with Gasteiger partial charge in [0.25, 0.3) is 5.91 Å². The number of carbonyl (C=O) groups is 1. The monoisotopic (exact) mass is 522 g/mol. The highest BCUT2D eigenvalue weighted by molar-refractivity contribution is 7.89. The third-order valence-corrected chi connectivity index (χ3v) is 9.04. The smallest absolute Gasteiger partial charge is 0.260 e. The number of anilines is 1. The van der Waals surface area contributed by atoms with Crippen molar-refractivity contribution in [2.75, 3.05) is 31.2 Å². The van der Waals surface area contributed by atoms with Crippen molar-refractivity contribution < 1.29 is 17.9 Å². The summed E-state index contributed by atoms with van der Waals surface area (Å²) < 4.78 is 33.6. The molecule has 10 heteroatoms. The Morgan fingerprint density at radius 2 is 1.86 bits per heavy atom. The summed E-state index contributed by atoms with van der Waals surface area (Å²) in [7, 11) is -3.64.